The summed E-state index contributed by atoms with van der Waals surface area (Å²) in [6.45, 7) is 0.979. The fraction of sp³-hybridized carbons (Fsp3) is 0.579. The van der Waals surface area contributed by atoms with Gasteiger partial charge < -0.3 is 18.9 Å². The van der Waals surface area contributed by atoms with Gasteiger partial charge in [-0.3, -0.25) is 9.05 Å². The highest BCUT2D eigenvalue weighted by molar-refractivity contribution is 7.48. The van der Waals surface area contributed by atoms with Crippen LogP contribution in [-0.2, 0) is 23.6 Å². The molecule has 0 amide bonds. The van der Waals surface area contributed by atoms with Gasteiger partial charge in [0.05, 0.1) is 14.2 Å². The minimum absolute atomic E-state index is 0.0503. The number of phosphoric ester groups is 1. The summed E-state index contributed by atoms with van der Waals surface area (Å²) >= 11 is 0. The van der Waals surface area contributed by atoms with E-state index in [4.69, 9.17) is 23.0 Å². The third kappa shape index (κ3) is 3.61. The van der Waals surface area contributed by atoms with E-state index < -0.39 is 7.82 Å². The maximum Gasteiger partial charge on any atom is 0.529 e. The summed E-state index contributed by atoms with van der Waals surface area (Å²) in [6, 6.07) is 6.36. The summed E-state index contributed by atoms with van der Waals surface area (Å²) in [5.41, 5.74) is 1.16. The number of hydrogen-bond acceptors (Lipinski definition) is 7. The fourth-order valence-corrected chi connectivity index (χ4v) is 4.98. The Morgan fingerprint density at radius 2 is 1.81 bits per heavy atom. The molecule has 2 aliphatic rings. The Hall–Kier alpha value is -1.53. The number of likely N-dealkylation sites (tertiary alicyclic amines) is 1. The number of rotatable bonds is 7. The van der Waals surface area contributed by atoms with Crippen molar-refractivity contribution in [3.05, 3.63) is 35.6 Å². The number of phosphoric acid groups is 1. The number of ether oxygens (including phenoxy) is 2. The van der Waals surface area contributed by atoms with Crippen molar-refractivity contribution in [1.82, 2.24) is 4.90 Å². The Bertz CT molecular complexity index is 759. The van der Waals surface area contributed by atoms with Gasteiger partial charge >= 0.3 is 7.82 Å². The molecule has 1 heterocycles. The van der Waals surface area contributed by atoms with Crippen molar-refractivity contribution in [2.75, 3.05) is 42.0 Å². The zero-order valence-corrected chi connectivity index (χ0v) is 17.5. The second kappa shape index (κ2) is 7.84. The van der Waals surface area contributed by atoms with Gasteiger partial charge in [-0.15, -0.1) is 0 Å². The average Bonchev–Trinajstić information content (AvgIpc) is 3.04. The summed E-state index contributed by atoms with van der Waals surface area (Å²) in [4.78, 5) is 2.33. The molecule has 2 unspecified atom stereocenters. The molecule has 1 aliphatic carbocycles. The molecule has 2 atom stereocenters. The zero-order valence-electron chi connectivity index (χ0n) is 16.6. The molecule has 0 N–H and O–H groups in total. The van der Waals surface area contributed by atoms with Gasteiger partial charge in [0.15, 0.2) is 11.5 Å². The summed E-state index contributed by atoms with van der Waals surface area (Å²) in [6.07, 6.45) is 4.46. The minimum Gasteiger partial charge on any atom is -0.493 e. The topological polar surface area (TPSA) is 66.5 Å². The van der Waals surface area contributed by atoms with Gasteiger partial charge in [-0.25, -0.2) is 4.57 Å². The van der Waals surface area contributed by atoms with Crippen LogP contribution < -0.4 is 9.47 Å². The Morgan fingerprint density at radius 1 is 1.11 bits per heavy atom. The van der Waals surface area contributed by atoms with Crippen LogP contribution in [0.2, 0.25) is 0 Å². The molecule has 0 aromatic heterocycles. The Kier molecular flexibility index (Phi) is 5.87. The molecule has 8 heteroatoms. The van der Waals surface area contributed by atoms with E-state index in [9.17, 15) is 4.57 Å². The molecule has 27 heavy (non-hydrogen) atoms. The molecule has 150 valence electrons. The highest BCUT2D eigenvalue weighted by Crippen LogP contribution is 2.54. The van der Waals surface area contributed by atoms with E-state index in [1.54, 1.807) is 14.2 Å². The molecule has 3 rings (SSSR count). The highest BCUT2D eigenvalue weighted by atomic mass is 31.2. The third-order valence-corrected chi connectivity index (χ3v) is 7.16. The van der Waals surface area contributed by atoms with E-state index in [2.05, 4.69) is 24.1 Å². The lowest BCUT2D eigenvalue weighted by atomic mass is 9.68. The number of hydrogen-bond donors (Lipinski definition) is 0. The summed E-state index contributed by atoms with van der Waals surface area (Å²) in [5, 5.41) is 0. The number of likely N-dealkylation sites (N-methyl/N-ethyl adjacent to an activating group) is 1. The van der Waals surface area contributed by atoms with Crippen molar-refractivity contribution in [1.29, 1.82) is 0 Å². The van der Waals surface area contributed by atoms with Gasteiger partial charge in [-0.1, -0.05) is 6.07 Å². The smallest absolute Gasteiger partial charge is 0.493 e. The zero-order chi connectivity index (χ0) is 19.7. The first-order valence-electron chi connectivity index (χ1n) is 8.94. The minimum atomic E-state index is -3.55. The lowest BCUT2D eigenvalue weighted by Crippen LogP contribution is -2.43. The van der Waals surface area contributed by atoms with Crippen LogP contribution in [0.4, 0.5) is 0 Å². The largest absolute Gasteiger partial charge is 0.529 e. The third-order valence-electron chi connectivity index (χ3n) is 5.80. The first-order chi connectivity index (χ1) is 12.9. The monoisotopic (exact) mass is 397 g/mol. The average molecular weight is 397 g/mol. The normalized spacial score (nSPS) is 25.7. The van der Waals surface area contributed by atoms with E-state index in [0.29, 0.717) is 12.2 Å². The molecule has 1 fully saturated rings. The summed E-state index contributed by atoms with van der Waals surface area (Å²) in [7, 11) is 4.50. The molecule has 0 radical (unpaired) electrons. The molecule has 1 aromatic rings. The van der Waals surface area contributed by atoms with Gasteiger partial charge in [0, 0.05) is 32.1 Å². The van der Waals surface area contributed by atoms with E-state index in [1.807, 2.05) is 12.1 Å². The number of benzene rings is 1. The first kappa shape index (κ1) is 20.2. The number of methoxy groups -OCH3 is 2. The number of nitrogens with zero attached hydrogens (tertiary/aromatic N) is 1. The van der Waals surface area contributed by atoms with Crippen molar-refractivity contribution in [2.45, 2.75) is 30.7 Å². The standard InChI is InChI=1S/C19H28NO6P/c1-20-11-10-19(14-6-7-16(22-2)17(12-14)23-3)9-8-15(13-18(19)20)26-27(21,24-4)25-5/h6-8,12,18H,9-11,13H2,1-5H3. The predicted molar refractivity (Wildman–Crippen MR) is 102 cm³/mol. The molecule has 1 saturated heterocycles. The van der Waals surface area contributed by atoms with Crippen LogP contribution >= 0.6 is 7.82 Å². The van der Waals surface area contributed by atoms with Crippen molar-refractivity contribution < 1.29 is 27.6 Å². The van der Waals surface area contributed by atoms with Gasteiger partial charge in [-0.2, -0.15) is 0 Å². The molecule has 1 aliphatic heterocycles. The van der Waals surface area contributed by atoms with Crippen molar-refractivity contribution >= 4 is 7.82 Å². The van der Waals surface area contributed by atoms with Gasteiger partial charge in [0.25, 0.3) is 0 Å². The van der Waals surface area contributed by atoms with E-state index in [0.717, 1.165) is 30.9 Å². The maximum absolute atomic E-state index is 12.3. The van der Waals surface area contributed by atoms with Crippen LogP contribution in [0.15, 0.2) is 30.0 Å². The molecule has 0 saturated carbocycles. The van der Waals surface area contributed by atoms with Crippen molar-refractivity contribution in [3.63, 3.8) is 0 Å². The van der Waals surface area contributed by atoms with Crippen LogP contribution in [0.1, 0.15) is 24.8 Å². The second-order valence-corrected chi connectivity index (χ2v) is 8.76. The highest BCUT2D eigenvalue weighted by Gasteiger charge is 2.49. The predicted octanol–water partition coefficient (Wildman–Crippen LogP) is 3.74. The summed E-state index contributed by atoms with van der Waals surface area (Å²) in [5.74, 6) is 2.10. The summed E-state index contributed by atoms with van der Waals surface area (Å²) < 4.78 is 38.7. The van der Waals surface area contributed by atoms with Crippen LogP contribution in [0, 0.1) is 0 Å². The molecular weight excluding hydrogens is 369 g/mol. The molecule has 0 spiro atoms. The van der Waals surface area contributed by atoms with E-state index in [1.165, 1.54) is 19.8 Å². The Morgan fingerprint density at radius 3 is 2.44 bits per heavy atom. The van der Waals surface area contributed by atoms with Gasteiger partial charge in [0.1, 0.15) is 5.76 Å². The fourth-order valence-electron chi connectivity index (χ4n) is 4.25. The molecular formula is C19H28NO6P. The van der Waals surface area contributed by atoms with Gasteiger partial charge in [-0.05, 0) is 50.2 Å². The first-order valence-corrected chi connectivity index (χ1v) is 10.4. The number of fused-ring (bicyclic) bond motifs is 1. The van der Waals surface area contributed by atoms with Crippen LogP contribution in [0.5, 0.6) is 11.5 Å². The molecule has 1 aromatic carbocycles. The lowest BCUT2D eigenvalue weighted by Gasteiger charge is -2.41. The number of allylic oxidation sites excluding steroid dienone is 1. The SMILES string of the molecule is COc1ccc(C23CC=C(OP(=O)(OC)OC)CC2N(C)CC3)cc1OC. The van der Waals surface area contributed by atoms with E-state index in [-0.39, 0.29) is 11.5 Å². The Balaban J connectivity index is 1.94. The maximum atomic E-state index is 12.3. The van der Waals surface area contributed by atoms with Gasteiger partial charge in [0.2, 0.25) is 0 Å². The molecule has 7 nitrogen and oxygen atoms in total. The lowest BCUT2D eigenvalue weighted by molar-refractivity contribution is 0.155. The van der Waals surface area contributed by atoms with E-state index >= 15 is 0 Å². The van der Waals surface area contributed by atoms with Crippen molar-refractivity contribution in [3.8, 4) is 11.5 Å². The van der Waals surface area contributed by atoms with Crippen LogP contribution in [0.25, 0.3) is 0 Å². The molecule has 0 bridgehead atoms. The van der Waals surface area contributed by atoms with Crippen molar-refractivity contribution in [2.24, 2.45) is 0 Å². The second-order valence-electron chi connectivity index (χ2n) is 6.95. The van der Waals surface area contributed by atoms with Crippen LogP contribution in [-0.4, -0.2) is 53.0 Å². The van der Waals surface area contributed by atoms with Crippen LogP contribution in [0.3, 0.4) is 0 Å². The Labute approximate surface area is 160 Å². The quantitative estimate of drug-likeness (QED) is 0.650.